The van der Waals surface area contributed by atoms with Gasteiger partial charge in [-0.2, -0.15) is 0 Å². The van der Waals surface area contributed by atoms with Crippen LogP contribution in [0.1, 0.15) is 77.6 Å². The first-order valence-corrected chi connectivity index (χ1v) is 12.4. The Bertz CT molecular complexity index is 1460. The van der Waals surface area contributed by atoms with Crippen LogP contribution in [0, 0.1) is 13.8 Å². The fourth-order valence-electron chi connectivity index (χ4n) is 5.64. The second-order valence-electron chi connectivity index (χ2n) is 10.2. The third-order valence-corrected chi connectivity index (χ3v) is 7.59. The summed E-state index contributed by atoms with van der Waals surface area (Å²) < 4.78 is 11.7. The average molecular weight is 499 g/mol. The molecule has 37 heavy (non-hydrogen) atoms. The molecule has 0 N–H and O–H groups in total. The van der Waals surface area contributed by atoms with E-state index >= 15 is 0 Å². The van der Waals surface area contributed by atoms with E-state index in [-0.39, 0.29) is 29.4 Å². The van der Waals surface area contributed by atoms with E-state index in [0.717, 1.165) is 16.0 Å². The van der Waals surface area contributed by atoms with Gasteiger partial charge >= 0.3 is 0 Å². The molecule has 8 heteroatoms. The van der Waals surface area contributed by atoms with Gasteiger partial charge in [0.1, 0.15) is 17.1 Å². The Morgan fingerprint density at radius 2 is 1.70 bits per heavy atom. The van der Waals surface area contributed by atoms with Crippen molar-refractivity contribution >= 4 is 23.5 Å². The molecule has 0 radical (unpaired) electrons. The highest BCUT2D eigenvalue weighted by Gasteiger charge is 2.44. The normalized spacial score (nSPS) is 18.2. The van der Waals surface area contributed by atoms with E-state index in [1.165, 1.54) is 12.3 Å². The number of carbonyl (C=O) groups is 4. The molecule has 1 aromatic heterocycles. The molecule has 1 spiro atoms. The van der Waals surface area contributed by atoms with E-state index in [2.05, 4.69) is 0 Å². The van der Waals surface area contributed by atoms with Gasteiger partial charge in [0, 0.05) is 31.5 Å². The lowest BCUT2D eigenvalue weighted by Crippen LogP contribution is -2.52. The lowest BCUT2D eigenvalue weighted by molar-refractivity contribution is -0.00621. The van der Waals surface area contributed by atoms with Crippen LogP contribution in [0.4, 0.5) is 0 Å². The molecule has 188 valence electrons. The predicted molar refractivity (Wildman–Crippen MR) is 133 cm³/mol. The van der Waals surface area contributed by atoms with Crippen LogP contribution in [-0.4, -0.2) is 52.0 Å². The van der Waals surface area contributed by atoms with Crippen molar-refractivity contribution in [2.45, 2.75) is 45.3 Å². The number of nitrogens with zero attached hydrogens (tertiary/aromatic N) is 2. The van der Waals surface area contributed by atoms with Crippen molar-refractivity contribution in [3.8, 4) is 5.75 Å². The third-order valence-electron chi connectivity index (χ3n) is 7.59. The van der Waals surface area contributed by atoms with Gasteiger partial charge in [-0.1, -0.05) is 6.07 Å². The molecule has 0 unspecified atom stereocenters. The Kier molecular flexibility index (Phi) is 5.29. The van der Waals surface area contributed by atoms with Crippen LogP contribution in [0.25, 0.3) is 0 Å². The standard InChI is InChI=1S/C29H26N2O6/c1-17-12-18(2)25-23(13-17)24(32)15-29(37-25)7-9-30(10-8-29)26(33)19-5-6-21-22(14-19)28(35)31(27(21)34)16-20-4-3-11-36-20/h3-6,11-14H,7-10,15-16H2,1-2H3. The number of benzene rings is 2. The van der Waals surface area contributed by atoms with Crippen molar-refractivity contribution in [1.82, 2.24) is 9.80 Å². The number of Topliss-reactive ketones (excluding diaryl/α,β-unsaturated/α-hetero) is 1. The summed E-state index contributed by atoms with van der Waals surface area (Å²) in [5, 5.41) is 0. The summed E-state index contributed by atoms with van der Waals surface area (Å²) in [5.74, 6) is 0.180. The summed E-state index contributed by atoms with van der Waals surface area (Å²) in [6.45, 7) is 4.82. The molecule has 1 saturated heterocycles. The molecule has 0 saturated carbocycles. The van der Waals surface area contributed by atoms with Crippen molar-refractivity contribution in [1.29, 1.82) is 0 Å². The molecule has 3 aromatic rings. The zero-order valence-corrected chi connectivity index (χ0v) is 20.7. The van der Waals surface area contributed by atoms with Gasteiger partial charge in [-0.05, 0) is 61.4 Å². The van der Waals surface area contributed by atoms with Crippen molar-refractivity contribution in [3.05, 3.63) is 87.9 Å². The van der Waals surface area contributed by atoms with Crippen LogP contribution in [0.2, 0.25) is 0 Å². The van der Waals surface area contributed by atoms with E-state index in [0.29, 0.717) is 55.0 Å². The monoisotopic (exact) mass is 498 g/mol. The number of ether oxygens (including phenoxy) is 1. The summed E-state index contributed by atoms with van der Waals surface area (Å²) in [7, 11) is 0. The molecule has 0 atom stereocenters. The minimum absolute atomic E-state index is 0.0394. The summed E-state index contributed by atoms with van der Waals surface area (Å²) in [5.41, 5.74) is 2.85. The number of hydrogen-bond donors (Lipinski definition) is 0. The molecule has 2 aromatic carbocycles. The maximum atomic E-state index is 13.3. The fraction of sp³-hybridized carbons (Fsp3) is 0.310. The van der Waals surface area contributed by atoms with Gasteiger partial charge in [0.2, 0.25) is 0 Å². The van der Waals surface area contributed by atoms with Crippen LogP contribution in [0.5, 0.6) is 5.75 Å². The quantitative estimate of drug-likeness (QED) is 0.499. The largest absolute Gasteiger partial charge is 0.486 e. The number of likely N-dealkylation sites (tertiary alicyclic amines) is 1. The second-order valence-corrected chi connectivity index (χ2v) is 10.2. The van der Waals surface area contributed by atoms with Crippen molar-refractivity contribution in [2.24, 2.45) is 0 Å². The van der Waals surface area contributed by atoms with Gasteiger partial charge < -0.3 is 14.1 Å². The van der Waals surface area contributed by atoms with Gasteiger partial charge in [-0.15, -0.1) is 0 Å². The molecular weight excluding hydrogens is 472 g/mol. The SMILES string of the molecule is Cc1cc(C)c2c(c1)C(=O)CC1(CCN(C(=O)c3ccc4c(c3)C(=O)N(Cc3ccco3)C4=O)CC1)O2. The highest BCUT2D eigenvalue weighted by molar-refractivity contribution is 6.22. The lowest BCUT2D eigenvalue weighted by Gasteiger charge is -2.44. The summed E-state index contributed by atoms with van der Waals surface area (Å²) >= 11 is 0. The highest BCUT2D eigenvalue weighted by atomic mass is 16.5. The summed E-state index contributed by atoms with van der Waals surface area (Å²) in [4.78, 5) is 54.9. The molecule has 4 heterocycles. The van der Waals surface area contributed by atoms with Crippen molar-refractivity contribution in [3.63, 3.8) is 0 Å². The first-order chi connectivity index (χ1) is 17.7. The number of amides is 3. The maximum Gasteiger partial charge on any atom is 0.261 e. The van der Waals surface area contributed by atoms with Gasteiger partial charge in [-0.25, -0.2) is 0 Å². The third kappa shape index (κ3) is 3.84. The molecule has 0 bridgehead atoms. The first-order valence-electron chi connectivity index (χ1n) is 12.4. The van der Waals surface area contributed by atoms with Crippen LogP contribution in [0.15, 0.2) is 53.1 Å². The second kappa shape index (κ2) is 8.44. The Hall–Kier alpha value is -4.20. The minimum Gasteiger partial charge on any atom is -0.486 e. The number of aryl methyl sites for hydroxylation is 2. The maximum absolute atomic E-state index is 13.3. The Balaban J connectivity index is 1.17. The highest BCUT2D eigenvalue weighted by Crippen LogP contribution is 2.41. The smallest absolute Gasteiger partial charge is 0.261 e. The number of ketones is 1. The molecule has 1 fully saturated rings. The lowest BCUT2D eigenvalue weighted by atomic mass is 9.81. The van der Waals surface area contributed by atoms with E-state index in [4.69, 9.17) is 9.15 Å². The fourth-order valence-corrected chi connectivity index (χ4v) is 5.64. The molecule has 6 rings (SSSR count). The summed E-state index contributed by atoms with van der Waals surface area (Å²) in [6.07, 6.45) is 2.86. The number of hydrogen-bond acceptors (Lipinski definition) is 6. The molecule has 3 aliphatic heterocycles. The van der Waals surface area contributed by atoms with Crippen molar-refractivity contribution < 1.29 is 28.3 Å². The first kappa shape index (κ1) is 23.2. The van der Waals surface area contributed by atoms with E-state index in [1.54, 1.807) is 29.2 Å². The van der Waals surface area contributed by atoms with Crippen LogP contribution in [0.3, 0.4) is 0 Å². The number of fused-ring (bicyclic) bond motifs is 2. The molecule has 8 nitrogen and oxygen atoms in total. The summed E-state index contributed by atoms with van der Waals surface area (Å²) in [6, 6.07) is 11.9. The molecule has 0 aliphatic carbocycles. The van der Waals surface area contributed by atoms with E-state index < -0.39 is 17.4 Å². The van der Waals surface area contributed by atoms with Gasteiger partial charge in [0.25, 0.3) is 17.7 Å². The predicted octanol–water partition coefficient (Wildman–Crippen LogP) is 4.33. The number of furan rings is 1. The average Bonchev–Trinajstić information content (AvgIpc) is 3.48. The van der Waals surface area contributed by atoms with Gasteiger partial charge in [0.15, 0.2) is 5.78 Å². The zero-order chi connectivity index (χ0) is 25.9. The molecule has 3 amide bonds. The molecular formula is C29H26N2O6. The van der Waals surface area contributed by atoms with Crippen LogP contribution >= 0.6 is 0 Å². The van der Waals surface area contributed by atoms with Crippen LogP contribution in [-0.2, 0) is 6.54 Å². The number of rotatable bonds is 3. The minimum atomic E-state index is -0.618. The van der Waals surface area contributed by atoms with E-state index in [9.17, 15) is 19.2 Å². The topological polar surface area (TPSA) is 97.1 Å². The van der Waals surface area contributed by atoms with Gasteiger partial charge in [0.05, 0.1) is 35.9 Å². The number of carbonyl (C=O) groups excluding carboxylic acids is 4. The zero-order valence-electron chi connectivity index (χ0n) is 20.7. The number of imide groups is 1. The van der Waals surface area contributed by atoms with Crippen molar-refractivity contribution in [2.75, 3.05) is 13.1 Å². The van der Waals surface area contributed by atoms with Crippen LogP contribution < -0.4 is 4.74 Å². The Labute approximate surface area is 213 Å². The van der Waals surface area contributed by atoms with Gasteiger partial charge in [-0.3, -0.25) is 24.1 Å². The van der Waals surface area contributed by atoms with E-state index in [1.807, 2.05) is 26.0 Å². The molecule has 3 aliphatic rings. The number of piperidine rings is 1. The Morgan fingerprint density at radius 3 is 2.43 bits per heavy atom. The Morgan fingerprint density at radius 1 is 0.946 bits per heavy atom.